The van der Waals surface area contributed by atoms with E-state index in [-0.39, 0.29) is 5.91 Å². The molecule has 0 amide bonds. The lowest BCUT2D eigenvalue weighted by molar-refractivity contribution is 0.0927. The number of carbonyl (C=O) groups excluding carboxylic acids is 1. The molecule has 0 fully saturated rings. The third-order valence-electron chi connectivity index (χ3n) is 2.39. The Bertz CT molecular complexity index is 534. The van der Waals surface area contributed by atoms with E-state index in [1.165, 1.54) is 11.6 Å². The number of methoxy groups -OCH3 is 1. The molecule has 17 heavy (non-hydrogen) atoms. The van der Waals surface area contributed by atoms with Gasteiger partial charge >= 0.3 is 0 Å². The van der Waals surface area contributed by atoms with E-state index in [4.69, 9.17) is 9.47 Å². The second-order valence-corrected chi connectivity index (χ2v) is 3.64. The van der Waals surface area contributed by atoms with E-state index in [2.05, 4.69) is 5.10 Å². The third kappa shape index (κ3) is 2.45. The molecule has 0 saturated heterocycles. The highest BCUT2D eigenvalue weighted by Gasteiger charge is 2.06. The van der Waals surface area contributed by atoms with Crippen molar-refractivity contribution in [2.45, 2.75) is 6.92 Å². The highest BCUT2D eigenvalue weighted by molar-refractivity contribution is 5.90. The fourth-order valence-corrected chi connectivity index (χ4v) is 1.59. The molecule has 0 aliphatic rings. The zero-order chi connectivity index (χ0) is 12.3. The Labute approximate surface area is 98.9 Å². The number of nitrogens with zero attached hydrogens (tertiary/aromatic N) is 2. The predicted octanol–water partition coefficient (Wildman–Crippen LogP) is 1.72. The van der Waals surface area contributed by atoms with Crippen LogP contribution in [0.5, 0.6) is 5.75 Å². The number of fused-ring (bicyclic) bond motifs is 1. The summed E-state index contributed by atoms with van der Waals surface area (Å²) in [6.45, 7) is 2.53. The first-order valence-corrected chi connectivity index (χ1v) is 5.33. The smallest absolute Gasteiger partial charge is 0.244 e. The average molecular weight is 234 g/mol. The van der Waals surface area contributed by atoms with Gasteiger partial charge < -0.3 is 9.47 Å². The van der Waals surface area contributed by atoms with Gasteiger partial charge in [-0.2, -0.15) is 5.10 Å². The Morgan fingerprint density at radius 1 is 1.41 bits per heavy atom. The number of hydrogen-bond acceptors (Lipinski definition) is 4. The number of carbonyl (C=O) groups is 1. The Kier molecular flexibility index (Phi) is 3.39. The molecule has 0 saturated carbocycles. The van der Waals surface area contributed by atoms with Crippen LogP contribution in [-0.2, 0) is 4.74 Å². The highest BCUT2D eigenvalue weighted by atomic mass is 16.5. The Morgan fingerprint density at radius 3 is 2.94 bits per heavy atom. The first-order valence-electron chi connectivity index (χ1n) is 5.33. The Balaban J connectivity index is 2.23. The number of rotatable bonds is 4. The fraction of sp³-hybridized carbons (Fsp3) is 0.333. The lowest BCUT2D eigenvalue weighted by atomic mass is 10.2. The van der Waals surface area contributed by atoms with Crippen molar-refractivity contribution >= 4 is 16.8 Å². The number of benzene rings is 1. The summed E-state index contributed by atoms with van der Waals surface area (Å²) in [5.74, 6) is 0.644. The van der Waals surface area contributed by atoms with Gasteiger partial charge in [0, 0.05) is 19.4 Å². The van der Waals surface area contributed by atoms with E-state index in [0.29, 0.717) is 13.2 Å². The highest BCUT2D eigenvalue weighted by Crippen LogP contribution is 2.20. The second kappa shape index (κ2) is 4.97. The minimum atomic E-state index is -0.104. The Morgan fingerprint density at radius 2 is 2.24 bits per heavy atom. The molecule has 0 radical (unpaired) electrons. The molecule has 5 nitrogen and oxygen atoms in total. The summed E-state index contributed by atoms with van der Waals surface area (Å²) in [5.41, 5.74) is 0.789. The average Bonchev–Trinajstić information content (AvgIpc) is 2.72. The van der Waals surface area contributed by atoms with Crippen LogP contribution in [0.3, 0.4) is 0 Å². The molecular formula is C12H14N2O3. The fourth-order valence-electron chi connectivity index (χ4n) is 1.59. The van der Waals surface area contributed by atoms with Gasteiger partial charge in [0.05, 0.1) is 18.3 Å². The van der Waals surface area contributed by atoms with Crippen LogP contribution in [0, 0.1) is 0 Å². The summed E-state index contributed by atoms with van der Waals surface area (Å²) < 4.78 is 11.7. The van der Waals surface area contributed by atoms with E-state index < -0.39 is 0 Å². The van der Waals surface area contributed by atoms with Gasteiger partial charge in [-0.25, -0.2) is 4.68 Å². The molecular weight excluding hydrogens is 220 g/mol. The van der Waals surface area contributed by atoms with Crippen molar-refractivity contribution in [2.75, 3.05) is 20.3 Å². The molecule has 1 aromatic heterocycles. The van der Waals surface area contributed by atoms with Gasteiger partial charge in [-0.1, -0.05) is 0 Å². The normalized spacial score (nSPS) is 10.7. The van der Waals surface area contributed by atoms with Crippen molar-refractivity contribution in [2.24, 2.45) is 0 Å². The van der Waals surface area contributed by atoms with Crippen LogP contribution in [0.25, 0.3) is 10.9 Å². The van der Waals surface area contributed by atoms with Gasteiger partial charge in [-0.15, -0.1) is 0 Å². The molecule has 0 unspecified atom stereocenters. The van der Waals surface area contributed by atoms with Crippen molar-refractivity contribution in [3.05, 3.63) is 24.4 Å². The maximum Gasteiger partial charge on any atom is 0.244 e. The SMILES string of the molecule is COCCOc1ccc2c(cnn2C(C)=O)c1. The van der Waals surface area contributed by atoms with Crippen LogP contribution < -0.4 is 4.74 Å². The molecule has 1 heterocycles. The minimum absolute atomic E-state index is 0.104. The molecule has 0 N–H and O–H groups in total. The van der Waals surface area contributed by atoms with Crippen LogP contribution in [0.2, 0.25) is 0 Å². The summed E-state index contributed by atoms with van der Waals surface area (Å²) >= 11 is 0. The van der Waals surface area contributed by atoms with Crippen LogP contribution >= 0.6 is 0 Å². The first-order chi connectivity index (χ1) is 8.22. The van der Waals surface area contributed by atoms with Crippen molar-refractivity contribution in [1.29, 1.82) is 0 Å². The van der Waals surface area contributed by atoms with Gasteiger partial charge in [-0.05, 0) is 18.2 Å². The van der Waals surface area contributed by atoms with Crippen LogP contribution in [-0.4, -0.2) is 36.0 Å². The van der Waals surface area contributed by atoms with E-state index in [9.17, 15) is 4.79 Å². The quantitative estimate of drug-likeness (QED) is 0.756. The first kappa shape index (κ1) is 11.6. The number of ether oxygens (including phenoxy) is 2. The summed E-state index contributed by atoms with van der Waals surface area (Å²) in [6, 6.07) is 5.50. The van der Waals surface area contributed by atoms with Gasteiger partial charge in [0.15, 0.2) is 0 Å². The van der Waals surface area contributed by atoms with E-state index in [1.807, 2.05) is 18.2 Å². The van der Waals surface area contributed by atoms with Crippen LogP contribution in [0.15, 0.2) is 24.4 Å². The minimum Gasteiger partial charge on any atom is -0.491 e. The number of aromatic nitrogens is 2. The molecule has 2 aromatic rings. The van der Waals surface area contributed by atoms with Crippen molar-refractivity contribution in [3.63, 3.8) is 0 Å². The summed E-state index contributed by atoms with van der Waals surface area (Å²) in [6.07, 6.45) is 1.65. The molecule has 1 aromatic carbocycles. The third-order valence-corrected chi connectivity index (χ3v) is 2.39. The van der Waals surface area contributed by atoms with Gasteiger partial charge in [-0.3, -0.25) is 4.79 Å². The zero-order valence-electron chi connectivity index (χ0n) is 9.84. The number of hydrogen-bond donors (Lipinski definition) is 0. The molecule has 0 spiro atoms. The molecule has 0 bridgehead atoms. The zero-order valence-corrected chi connectivity index (χ0v) is 9.84. The topological polar surface area (TPSA) is 53.4 Å². The van der Waals surface area contributed by atoms with Crippen LogP contribution in [0.4, 0.5) is 0 Å². The molecule has 0 aliphatic heterocycles. The van der Waals surface area contributed by atoms with Crippen molar-refractivity contribution < 1.29 is 14.3 Å². The van der Waals surface area contributed by atoms with E-state index in [1.54, 1.807) is 13.3 Å². The second-order valence-electron chi connectivity index (χ2n) is 3.64. The van der Waals surface area contributed by atoms with Crippen LogP contribution in [0.1, 0.15) is 11.7 Å². The Hall–Kier alpha value is -1.88. The summed E-state index contributed by atoms with van der Waals surface area (Å²) in [5, 5.41) is 4.90. The molecule has 5 heteroatoms. The molecule has 2 rings (SSSR count). The van der Waals surface area contributed by atoms with Gasteiger partial charge in [0.25, 0.3) is 0 Å². The van der Waals surface area contributed by atoms with E-state index in [0.717, 1.165) is 16.7 Å². The van der Waals surface area contributed by atoms with Crippen molar-refractivity contribution in [3.8, 4) is 5.75 Å². The maximum atomic E-state index is 11.3. The van der Waals surface area contributed by atoms with Gasteiger partial charge in [0.2, 0.25) is 5.91 Å². The predicted molar refractivity (Wildman–Crippen MR) is 63.4 cm³/mol. The van der Waals surface area contributed by atoms with Gasteiger partial charge in [0.1, 0.15) is 12.4 Å². The maximum absolute atomic E-state index is 11.3. The standard InChI is InChI=1S/C12H14N2O3/c1-9(15)14-12-4-3-11(17-6-5-16-2)7-10(12)8-13-14/h3-4,7-8H,5-6H2,1-2H3. The summed E-state index contributed by atoms with van der Waals surface area (Å²) in [7, 11) is 1.63. The van der Waals surface area contributed by atoms with Crippen molar-refractivity contribution in [1.82, 2.24) is 9.78 Å². The van der Waals surface area contributed by atoms with E-state index >= 15 is 0 Å². The largest absolute Gasteiger partial charge is 0.491 e. The molecule has 90 valence electrons. The lowest BCUT2D eigenvalue weighted by Gasteiger charge is -2.05. The summed E-state index contributed by atoms with van der Waals surface area (Å²) in [4.78, 5) is 11.3. The lowest BCUT2D eigenvalue weighted by Crippen LogP contribution is -2.06. The monoisotopic (exact) mass is 234 g/mol. The molecule has 0 atom stereocenters. The molecule has 0 aliphatic carbocycles.